The minimum absolute atomic E-state index is 0.0440. The van der Waals surface area contributed by atoms with Crippen LogP contribution in [0.4, 0.5) is 0 Å². The van der Waals surface area contributed by atoms with E-state index in [4.69, 9.17) is 0 Å². The Morgan fingerprint density at radius 1 is 0.839 bits per heavy atom. The second-order valence-electron chi connectivity index (χ2n) is 8.51. The lowest BCUT2D eigenvalue weighted by Gasteiger charge is -2.31. The molecule has 4 rings (SSSR count). The van der Waals surface area contributed by atoms with Crippen LogP contribution in [-0.2, 0) is 24.5 Å². The molecular formula is C24H24O5S2. The number of ketones is 1. The number of benzene rings is 2. The monoisotopic (exact) mass is 456 g/mol. The second-order valence-corrected chi connectivity index (χ2v) is 13.3. The molecule has 162 valence electrons. The maximum Gasteiger partial charge on any atom is 0.198 e. The highest BCUT2D eigenvalue weighted by Crippen LogP contribution is 2.63. The van der Waals surface area contributed by atoms with Crippen LogP contribution in [0, 0.1) is 11.3 Å². The molecule has 0 amide bonds. The van der Waals surface area contributed by atoms with Gasteiger partial charge in [-0.1, -0.05) is 49.1 Å². The van der Waals surface area contributed by atoms with Gasteiger partial charge in [-0.25, -0.2) is 16.8 Å². The molecule has 0 heterocycles. The molecule has 0 saturated heterocycles. The molecule has 0 aliphatic heterocycles. The highest BCUT2D eigenvalue weighted by atomic mass is 32.3. The summed E-state index contributed by atoms with van der Waals surface area (Å²) in [6.07, 6.45) is 1.65. The Hall–Kier alpha value is -2.51. The lowest BCUT2D eigenvalue weighted by atomic mass is 9.76. The molecule has 5 nitrogen and oxygen atoms in total. The summed E-state index contributed by atoms with van der Waals surface area (Å²) in [7, 11) is -8.65. The van der Waals surface area contributed by atoms with Crippen LogP contribution < -0.4 is 0 Å². The van der Waals surface area contributed by atoms with Crippen molar-refractivity contribution in [2.45, 2.75) is 39.6 Å². The van der Waals surface area contributed by atoms with Crippen LogP contribution in [0.3, 0.4) is 0 Å². The van der Waals surface area contributed by atoms with Crippen molar-refractivity contribution >= 4 is 25.5 Å². The van der Waals surface area contributed by atoms with Crippen LogP contribution in [0.15, 0.2) is 95.3 Å². The van der Waals surface area contributed by atoms with Gasteiger partial charge in [-0.3, -0.25) is 4.79 Å². The maximum absolute atomic E-state index is 14.0. The number of hydrogen-bond acceptors (Lipinski definition) is 5. The Kier molecular flexibility index (Phi) is 5.10. The third-order valence-electron chi connectivity index (χ3n) is 6.78. The molecule has 2 aliphatic rings. The van der Waals surface area contributed by atoms with Crippen LogP contribution in [0.25, 0.3) is 0 Å². The van der Waals surface area contributed by atoms with E-state index in [-0.39, 0.29) is 41.3 Å². The van der Waals surface area contributed by atoms with Gasteiger partial charge in [0.05, 0.1) is 9.79 Å². The summed E-state index contributed by atoms with van der Waals surface area (Å²) < 4.78 is 54.0. The average molecular weight is 457 g/mol. The highest BCUT2D eigenvalue weighted by molar-refractivity contribution is 8.10. The molecule has 2 aliphatic carbocycles. The molecule has 0 unspecified atom stereocenters. The molecule has 2 aromatic carbocycles. The molecule has 2 saturated carbocycles. The predicted octanol–water partition coefficient (Wildman–Crippen LogP) is 4.13. The van der Waals surface area contributed by atoms with Crippen molar-refractivity contribution in [1.82, 2.24) is 0 Å². The number of rotatable bonds is 5. The van der Waals surface area contributed by atoms with Gasteiger partial charge in [0, 0.05) is 6.42 Å². The summed E-state index contributed by atoms with van der Waals surface area (Å²) in [4.78, 5) is 12.3. The van der Waals surface area contributed by atoms with Gasteiger partial charge in [-0.05, 0) is 60.4 Å². The van der Waals surface area contributed by atoms with E-state index in [0.29, 0.717) is 5.57 Å². The van der Waals surface area contributed by atoms with Crippen LogP contribution in [0.1, 0.15) is 25.7 Å². The van der Waals surface area contributed by atoms with Gasteiger partial charge in [0.1, 0.15) is 0 Å². The maximum atomic E-state index is 14.0. The lowest BCUT2D eigenvalue weighted by molar-refractivity contribution is -0.115. The zero-order chi connectivity index (χ0) is 22.5. The molecule has 7 heteroatoms. The fraction of sp³-hybridized carbons (Fsp3) is 0.292. The van der Waals surface area contributed by atoms with E-state index in [1.54, 1.807) is 42.5 Å². The number of carbonyl (C=O) groups is 1. The van der Waals surface area contributed by atoms with E-state index in [1.165, 1.54) is 24.3 Å². The lowest BCUT2D eigenvalue weighted by Crippen LogP contribution is -2.45. The SMILES string of the molecule is C=C[C@H]1CC(S(=O)(=O)c2ccccc2)(S(=O)(=O)c2ccccc2)C[C@@]12CC(=C)C(=O)C2. The Morgan fingerprint density at radius 2 is 1.32 bits per heavy atom. The number of allylic oxidation sites excluding steroid dienone is 2. The molecular weight excluding hydrogens is 432 g/mol. The number of sulfone groups is 2. The van der Waals surface area contributed by atoms with E-state index >= 15 is 0 Å². The molecule has 1 spiro atoms. The van der Waals surface area contributed by atoms with Crippen molar-refractivity contribution in [1.29, 1.82) is 0 Å². The first-order valence-corrected chi connectivity index (χ1v) is 13.0. The van der Waals surface area contributed by atoms with E-state index < -0.39 is 35.1 Å². The summed E-state index contributed by atoms with van der Waals surface area (Å²) in [6, 6.07) is 15.3. The summed E-state index contributed by atoms with van der Waals surface area (Å²) in [5.74, 6) is -0.593. The van der Waals surface area contributed by atoms with E-state index in [1.807, 2.05) is 0 Å². The summed E-state index contributed by atoms with van der Waals surface area (Å²) in [6.45, 7) is 7.68. The van der Waals surface area contributed by atoms with Crippen LogP contribution in [0.2, 0.25) is 0 Å². The Morgan fingerprint density at radius 3 is 1.71 bits per heavy atom. The summed E-state index contributed by atoms with van der Waals surface area (Å²) in [5.41, 5.74) is -0.406. The van der Waals surface area contributed by atoms with Gasteiger partial charge in [-0.15, -0.1) is 6.58 Å². The third-order valence-corrected chi connectivity index (χ3v) is 12.5. The minimum Gasteiger partial charge on any atom is -0.295 e. The van der Waals surface area contributed by atoms with E-state index in [2.05, 4.69) is 13.2 Å². The van der Waals surface area contributed by atoms with Crippen molar-refractivity contribution in [2.75, 3.05) is 0 Å². The van der Waals surface area contributed by atoms with Crippen LogP contribution in [0.5, 0.6) is 0 Å². The first kappa shape index (κ1) is 21.7. The van der Waals surface area contributed by atoms with Crippen LogP contribution in [-0.4, -0.2) is 26.7 Å². The Bertz CT molecular complexity index is 1170. The molecule has 2 atom stereocenters. The Labute approximate surface area is 183 Å². The van der Waals surface area contributed by atoms with Gasteiger partial charge in [0.2, 0.25) is 0 Å². The minimum atomic E-state index is -4.32. The number of Topliss-reactive ketones (excluding diaryl/α,β-unsaturated/α-hetero) is 1. The molecule has 2 fully saturated rings. The predicted molar refractivity (Wildman–Crippen MR) is 119 cm³/mol. The van der Waals surface area contributed by atoms with Crippen LogP contribution >= 0.6 is 0 Å². The molecule has 0 aromatic heterocycles. The van der Waals surface area contributed by atoms with E-state index in [0.717, 1.165) is 0 Å². The largest absolute Gasteiger partial charge is 0.295 e. The third kappa shape index (κ3) is 3.05. The molecule has 31 heavy (non-hydrogen) atoms. The van der Waals surface area contributed by atoms with Crippen molar-refractivity contribution in [2.24, 2.45) is 11.3 Å². The number of carbonyl (C=O) groups excluding carboxylic acids is 1. The fourth-order valence-electron chi connectivity index (χ4n) is 5.23. The number of hydrogen-bond donors (Lipinski definition) is 0. The van der Waals surface area contributed by atoms with Gasteiger partial charge in [0.15, 0.2) is 29.5 Å². The molecule has 0 bridgehead atoms. The standard InChI is InChI=1S/C24H24O5S2/c1-3-19-15-24(17-23(19)14-18(2)22(25)16-23,30(26,27)20-10-6-4-7-11-20)31(28,29)21-12-8-5-9-13-21/h3-13,19H,1-2,14-17H2/t19-,23-/m0/s1. The smallest absolute Gasteiger partial charge is 0.198 e. The normalized spacial score (nSPS) is 25.7. The van der Waals surface area contributed by atoms with Crippen molar-refractivity contribution in [3.8, 4) is 0 Å². The summed E-state index contributed by atoms with van der Waals surface area (Å²) >= 11 is 0. The van der Waals surface area contributed by atoms with Crippen molar-refractivity contribution in [3.05, 3.63) is 85.5 Å². The van der Waals surface area contributed by atoms with Gasteiger partial charge in [-0.2, -0.15) is 0 Å². The first-order valence-electron chi connectivity index (χ1n) is 10.0. The second kappa shape index (κ2) is 7.28. The van der Waals surface area contributed by atoms with Crippen molar-refractivity contribution in [3.63, 3.8) is 0 Å². The zero-order valence-corrected chi connectivity index (χ0v) is 18.7. The average Bonchev–Trinajstić information content (AvgIpc) is 3.25. The quantitative estimate of drug-likeness (QED) is 0.499. The van der Waals surface area contributed by atoms with Gasteiger partial charge >= 0.3 is 0 Å². The molecule has 2 aromatic rings. The van der Waals surface area contributed by atoms with Gasteiger partial charge in [0.25, 0.3) is 0 Å². The molecule has 0 radical (unpaired) electrons. The Balaban J connectivity index is 2.00. The summed E-state index contributed by atoms with van der Waals surface area (Å²) in [5, 5.41) is 0. The van der Waals surface area contributed by atoms with Gasteiger partial charge < -0.3 is 0 Å². The zero-order valence-electron chi connectivity index (χ0n) is 17.0. The van der Waals surface area contributed by atoms with E-state index in [9.17, 15) is 21.6 Å². The fourth-order valence-corrected chi connectivity index (χ4v) is 10.6. The molecule has 0 N–H and O–H groups in total. The highest BCUT2D eigenvalue weighted by Gasteiger charge is 2.68. The first-order chi connectivity index (χ1) is 14.6. The van der Waals surface area contributed by atoms with Crippen molar-refractivity contribution < 1.29 is 21.6 Å². The topological polar surface area (TPSA) is 85.3 Å².